The van der Waals surface area contributed by atoms with Crippen molar-refractivity contribution in [1.29, 1.82) is 0 Å². The number of carboxylic acids is 1. The quantitative estimate of drug-likeness (QED) is 0.547. The minimum absolute atomic E-state index is 0.315. The first kappa shape index (κ1) is 20.1. The number of hydrogen-bond donors (Lipinski definition) is 2. The largest absolute Gasteiger partial charge is 0.488 e. The van der Waals surface area contributed by atoms with Gasteiger partial charge in [-0.3, -0.25) is 4.79 Å². The summed E-state index contributed by atoms with van der Waals surface area (Å²) < 4.78 is 5.77. The molecule has 0 aliphatic rings. The van der Waals surface area contributed by atoms with Crippen LogP contribution in [-0.4, -0.2) is 22.0 Å². The van der Waals surface area contributed by atoms with E-state index in [9.17, 15) is 9.59 Å². The number of aliphatic carboxylic acids is 1. The van der Waals surface area contributed by atoms with Gasteiger partial charge in [0.1, 0.15) is 17.4 Å². The minimum Gasteiger partial charge on any atom is -0.488 e. The van der Waals surface area contributed by atoms with Gasteiger partial charge in [0.05, 0.1) is 15.6 Å². The smallest absolute Gasteiger partial charge is 0.394 e. The third-order valence-corrected chi connectivity index (χ3v) is 5.44. The molecule has 0 fully saturated rings. The highest BCUT2D eigenvalue weighted by molar-refractivity contribution is 7.15. The summed E-state index contributed by atoms with van der Waals surface area (Å²) in [5.74, 6) is -2.06. The van der Waals surface area contributed by atoms with Gasteiger partial charge < -0.3 is 15.2 Å². The average molecular weight is 437 g/mol. The number of hydrogen-bond acceptors (Lipinski definition) is 5. The van der Waals surface area contributed by atoms with Gasteiger partial charge in [-0.25, -0.2) is 9.78 Å². The van der Waals surface area contributed by atoms with Gasteiger partial charge in [-0.1, -0.05) is 23.2 Å². The second-order valence-electron chi connectivity index (χ2n) is 5.72. The first-order valence-electron chi connectivity index (χ1n) is 8.02. The number of nitrogens with one attached hydrogen (secondary N) is 1. The Morgan fingerprint density at radius 2 is 1.89 bits per heavy atom. The van der Waals surface area contributed by atoms with Gasteiger partial charge in [-0.05, 0) is 49.4 Å². The van der Waals surface area contributed by atoms with Crippen molar-refractivity contribution in [2.75, 3.05) is 5.32 Å². The number of anilines is 1. The van der Waals surface area contributed by atoms with Gasteiger partial charge in [-0.15, -0.1) is 11.3 Å². The van der Waals surface area contributed by atoms with E-state index in [1.54, 1.807) is 36.4 Å². The lowest BCUT2D eigenvalue weighted by Gasteiger charge is -2.07. The van der Waals surface area contributed by atoms with E-state index in [2.05, 4.69) is 10.3 Å². The van der Waals surface area contributed by atoms with Crippen LogP contribution in [0.25, 0.3) is 10.6 Å². The number of nitrogens with zero attached hydrogens (tertiary/aromatic N) is 1. The van der Waals surface area contributed by atoms with Crippen molar-refractivity contribution < 1.29 is 19.4 Å². The molecule has 2 aromatic carbocycles. The van der Waals surface area contributed by atoms with Gasteiger partial charge in [0, 0.05) is 16.3 Å². The molecular formula is C19H14Cl2N2O4S. The Kier molecular flexibility index (Phi) is 6.18. The Labute approximate surface area is 174 Å². The second kappa shape index (κ2) is 8.60. The van der Waals surface area contributed by atoms with Crippen molar-refractivity contribution >= 4 is 52.1 Å². The van der Waals surface area contributed by atoms with Crippen molar-refractivity contribution in [3.05, 3.63) is 63.1 Å². The molecule has 0 bridgehead atoms. The summed E-state index contributed by atoms with van der Waals surface area (Å²) in [6.07, 6.45) is 0. The molecule has 144 valence electrons. The zero-order chi connectivity index (χ0) is 20.3. The van der Waals surface area contributed by atoms with Crippen molar-refractivity contribution in [1.82, 2.24) is 4.98 Å². The molecule has 3 aromatic rings. The van der Waals surface area contributed by atoms with E-state index in [-0.39, 0.29) is 0 Å². The number of aryl methyl sites for hydroxylation is 1. The van der Waals surface area contributed by atoms with Gasteiger partial charge >= 0.3 is 11.9 Å². The van der Waals surface area contributed by atoms with Crippen molar-refractivity contribution in [2.24, 2.45) is 0 Å². The molecule has 9 heteroatoms. The molecule has 0 aliphatic carbocycles. The van der Waals surface area contributed by atoms with Crippen molar-refractivity contribution in [3.63, 3.8) is 0 Å². The zero-order valence-electron chi connectivity index (χ0n) is 14.5. The van der Waals surface area contributed by atoms with E-state index >= 15 is 0 Å². The number of amides is 1. The van der Waals surface area contributed by atoms with Crippen LogP contribution in [0.1, 0.15) is 10.6 Å². The van der Waals surface area contributed by atoms with E-state index in [1.807, 2.05) is 13.0 Å². The molecule has 1 heterocycles. The van der Waals surface area contributed by atoms with E-state index in [0.717, 1.165) is 21.1 Å². The number of carbonyl (C=O) groups is 2. The van der Waals surface area contributed by atoms with E-state index in [4.69, 9.17) is 33.0 Å². The van der Waals surface area contributed by atoms with Crippen LogP contribution in [0.5, 0.6) is 5.75 Å². The molecule has 28 heavy (non-hydrogen) atoms. The molecule has 1 aromatic heterocycles. The Morgan fingerprint density at radius 3 is 2.54 bits per heavy atom. The SMILES string of the molecule is Cc1nc(-c2ccc(Cl)cc2Cl)sc1COc1ccc(NC(=O)C(=O)O)cc1. The van der Waals surface area contributed by atoms with Crippen molar-refractivity contribution in [3.8, 4) is 16.3 Å². The molecule has 0 unspecified atom stereocenters. The molecule has 3 rings (SSSR count). The monoisotopic (exact) mass is 436 g/mol. The highest BCUT2D eigenvalue weighted by atomic mass is 35.5. The van der Waals surface area contributed by atoms with Crippen LogP contribution < -0.4 is 10.1 Å². The van der Waals surface area contributed by atoms with Crippen molar-refractivity contribution in [2.45, 2.75) is 13.5 Å². The maximum Gasteiger partial charge on any atom is 0.394 e. The fourth-order valence-corrected chi connectivity index (χ4v) is 3.88. The van der Waals surface area contributed by atoms with E-state index < -0.39 is 11.9 Å². The minimum atomic E-state index is -1.54. The topological polar surface area (TPSA) is 88.5 Å². The number of benzene rings is 2. The number of rotatable bonds is 5. The van der Waals surface area contributed by atoms with Crippen LogP contribution in [0.2, 0.25) is 10.0 Å². The molecule has 0 saturated carbocycles. The van der Waals surface area contributed by atoms with Crippen LogP contribution in [0.3, 0.4) is 0 Å². The molecular weight excluding hydrogens is 423 g/mol. The summed E-state index contributed by atoms with van der Waals surface area (Å²) in [4.78, 5) is 27.2. The van der Waals surface area contributed by atoms with Gasteiger partial charge in [0.25, 0.3) is 0 Å². The highest BCUT2D eigenvalue weighted by Crippen LogP contribution is 2.34. The Morgan fingerprint density at radius 1 is 1.18 bits per heavy atom. The molecule has 6 nitrogen and oxygen atoms in total. The van der Waals surface area contributed by atoms with Gasteiger partial charge in [-0.2, -0.15) is 0 Å². The van der Waals surface area contributed by atoms with Crippen LogP contribution in [0, 0.1) is 6.92 Å². The summed E-state index contributed by atoms with van der Waals surface area (Å²) in [5.41, 5.74) is 2.02. The summed E-state index contributed by atoms with van der Waals surface area (Å²) in [7, 11) is 0. The summed E-state index contributed by atoms with van der Waals surface area (Å²) >= 11 is 13.7. The lowest BCUT2D eigenvalue weighted by Crippen LogP contribution is -2.21. The molecule has 0 aliphatic heterocycles. The van der Waals surface area contributed by atoms with Crippen LogP contribution in [0.4, 0.5) is 5.69 Å². The molecule has 2 N–H and O–H groups in total. The standard InChI is InChI=1S/C19H14Cl2N2O4S/c1-10-16(28-18(22-10)14-7-2-11(20)8-15(14)21)9-27-13-5-3-12(4-6-13)23-17(24)19(25)26/h2-8H,9H2,1H3,(H,23,24)(H,25,26). The summed E-state index contributed by atoms with van der Waals surface area (Å²) in [5, 5.41) is 12.7. The third-order valence-electron chi connectivity index (χ3n) is 3.73. The first-order chi connectivity index (χ1) is 13.3. The zero-order valence-corrected chi connectivity index (χ0v) is 16.9. The Balaban J connectivity index is 1.67. The van der Waals surface area contributed by atoms with E-state index in [0.29, 0.717) is 28.1 Å². The van der Waals surface area contributed by atoms with Crippen LogP contribution >= 0.6 is 34.5 Å². The number of thiazole rings is 1. The lowest BCUT2D eigenvalue weighted by molar-refractivity contribution is -0.147. The summed E-state index contributed by atoms with van der Waals surface area (Å²) in [6.45, 7) is 2.21. The molecule has 1 amide bonds. The summed E-state index contributed by atoms with van der Waals surface area (Å²) in [6, 6.07) is 11.7. The van der Waals surface area contributed by atoms with Gasteiger partial charge in [0.2, 0.25) is 0 Å². The number of aromatic nitrogens is 1. The fourth-order valence-electron chi connectivity index (χ4n) is 2.31. The number of carbonyl (C=O) groups excluding carboxylic acids is 1. The lowest BCUT2D eigenvalue weighted by atomic mass is 10.2. The highest BCUT2D eigenvalue weighted by Gasteiger charge is 2.14. The Bertz CT molecular complexity index is 1030. The number of halogens is 2. The van der Waals surface area contributed by atoms with Gasteiger partial charge in [0.15, 0.2) is 0 Å². The molecule has 0 atom stereocenters. The number of carboxylic acid groups (broad SMARTS) is 1. The maximum atomic E-state index is 11.1. The van der Waals surface area contributed by atoms with Crippen LogP contribution in [0.15, 0.2) is 42.5 Å². The fraction of sp³-hybridized carbons (Fsp3) is 0.105. The second-order valence-corrected chi connectivity index (χ2v) is 7.65. The molecule has 0 saturated heterocycles. The van der Waals surface area contributed by atoms with Crippen LogP contribution in [-0.2, 0) is 16.2 Å². The Hall–Kier alpha value is -2.61. The number of ether oxygens (including phenoxy) is 1. The van der Waals surface area contributed by atoms with E-state index in [1.165, 1.54) is 11.3 Å². The third kappa shape index (κ3) is 4.81. The maximum absolute atomic E-state index is 11.1. The average Bonchev–Trinajstić information content (AvgIpc) is 3.01. The first-order valence-corrected chi connectivity index (χ1v) is 9.59. The normalized spacial score (nSPS) is 10.5. The predicted molar refractivity (Wildman–Crippen MR) is 109 cm³/mol. The molecule has 0 radical (unpaired) electrons. The molecule has 0 spiro atoms. The predicted octanol–water partition coefficient (Wildman–Crippen LogP) is 5.03.